The molecule has 0 saturated carbocycles. The Bertz CT molecular complexity index is 604. The molecule has 0 fully saturated rings. The second kappa shape index (κ2) is 8.54. The van der Waals surface area contributed by atoms with Gasteiger partial charge in [-0.25, -0.2) is 4.79 Å². The first-order chi connectivity index (χ1) is 11.6. The molecule has 0 unspecified atom stereocenters. The first-order valence-corrected chi connectivity index (χ1v) is 11.2. The third kappa shape index (κ3) is 5.34. The van der Waals surface area contributed by atoms with Crippen LogP contribution >= 0.6 is 0 Å². The van der Waals surface area contributed by atoms with Gasteiger partial charge in [0, 0.05) is 0 Å². The lowest BCUT2D eigenvalue weighted by molar-refractivity contribution is -0.149. The molecule has 0 aliphatic rings. The van der Waals surface area contributed by atoms with Crippen molar-refractivity contribution in [3.05, 3.63) is 36.4 Å². The zero-order chi connectivity index (χ0) is 19.3. The fourth-order valence-corrected chi connectivity index (χ4v) is 3.12. The number of ether oxygens (including phenoxy) is 3. The minimum Gasteiger partial charge on any atom is -0.493 e. The van der Waals surface area contributed by atoms with Crippen LogP contribution in [0.5, 0.6) is 11.5 Å². The molecule has 0 N–H and O–H groups in total. The molecule has 140 valence electrons. The van der Waals surface area contributed by atoms with E-state index >= 15 is 0 Å². The number of carbonyl (C=O) groups is 1. The van der Waals surface area contributed by atoms with E-state index in [-0.39, 0.29) is 5.04 Å². The smallest absolute Gasteiger partial charge is 0.338 e. The van der Waals surface area contributed by atoms with Gasteiger partial charge in [-0.15, -0.1) is 0 Å². The predicted octanol–water partition coefficient (Wildman–Crippen LogP) is 4.50. The second-order valence-corrected chi connectivity index (χ2v) is 12.0. The van der Waals surface area contributed by atoms with Crippen molar-refractivity contribution in [1.29, 1.82) is 0 Å². The van der Waals surface area contributed by atoms with E-state index in [9.17, 15) is 4.79 Å². The average Bonchev–Trinajstić information content (AvgIpc) is 2.56. The average molecular weight is 367 g/mol. The van der Waals surface area contributed by atoms with Crippen molar-refractivity contribution in [1.82, 2.24) is 0 Å². The van der Waals surface area contributed by atoms with E-state index in [1.165, 1.54) is 7.11 Å². The molecule has 0 spiro atoms. The summed E-state index contributed by atoms with van der Waals surface area (Å²) in [7, 11) is 0.743. The van der Waals surface area contributed by atoms with Gasteiger partial charge in [0.25, 0.3) is 0 Å². The second-order valence-electron chi connectivity index (χ2n) is 7.29. The molecule has 0 amide bonds. The van der Waals surface area contributed by atoms with E-state index in [0.29, 0.717) is 23.7 Å². The van der Waals surface area contributed by atoms with Crippen molar-refractivity contribution >= 4 is 14.3 Å². The molecule has 5 nitrogen and oxygen atoms in total. The maximum atomic E-state index is 12.4. The highest BCUT2D eigenvalue weighted by atomic mass is 28.4. The lowest BCUT2D eigenvalue weighted by Crippen LogP contribution is -2.43. The van der Waals surface area contributed by atoms with Crippen LogP contribution < -0.4 is 9.47 Å². The van der Waals surface area contributed by atoms with Crippen LogP contribution in [-0.2, 0) is 14.0 Å². The van der Waals surface area contributed by atoms with E-state index in [4.69, 9.17) is 18.6 Å². The number of benzene rings is 1. The molecule has 6 heteroatoms. The van der Waals surface area contributed by atoms with Gasteiger partial charge in [0.05, 0.1) is 14.2 Å². The molecule has 25 heavy (non-hydrogen) atoms. The van der Waals surface area contributed by atoms with E-state index in [1.807, 2.05) is 0 Å². The van der Waals surface area contributed by atoms with Crippen LogP contribution in [0, 0.1) is 0 Å². The molecule has 1 rings (SSSR count). The van der Waals surface area contributed by atoms with E-state index < -0.39 is 20.4 Å². The first-order valence-electron chi connectivity index (χ1n) is 8.24. The topological polar surface area (TPSA) is 54.0 Å². The fraction of sp³-hybridized carbons (Fsp3) is 0.526. The third-order valence-electron chi connectivity index (χ3n) is 4.48. The summed E-state index contributed by atoms with van der Waals surface area (Å²) in [5.41, 5.74) is 0.680. The Labute approximate surface area is 152 Å². The van der Waals surface area contributed by atoms with Gasteiger partial charge in [0.2, 0.25) is 0 Å². The van der Waals surface area contributed by atoms with Gasteiger partial charge in [-0.2, -0.15) is 0 Å². The normalized spacial score (nSPS) is 13.1. The molecule has 0 aliphatic carbocycles. The minimum atomic E-state index is -2.18. The number of hydrogen-bond acceptors (Lipinski definition) is 5. The molecule has 1 aromatic carbocycles. The van der Waals surface area contributed by atoms with Gasteiger partial charge < -0.3 is 18.6 Å². The lowest BCUT2D eigenvalue weighted by Gasteiger charge is -2.38. The molecule has 0 bridgehead atoms. The zero-order valence-corrected chi connectivity index (χ0v) is 17.3. The summed E-state index contributed by atoms with van der Waals surface area (Å²) in [6, 6.07) is 5.32. The maximum Gasteiger partial charge on any atom is 0.338 e. The van der Waals surface area contributed by atoms with E-state index in [1.54, 1.807) is 31.4 Å². The Hall–Kier alpha value is -1.79. The van der Waals surface area contributed by atoms with Gasteiger partial charge in [-0.3, -0.25) is 0 Å². The Kier molecular flexibility index (Phi) is 7.25. The molecule has 1 aromatic rings. The Morgan fingerprint density at radius 2 is 1.88 bits per heavy atom. The highest BCUT2D eigenvalue weighted by Gasteiger charge is 2.41. The van der Waals surface area contributed by atoms with Crippen LogP contribution in [0.15, 0.2) is 30.9 Å². The van der Waals surface area contributed by atoms with Crippen molar-refractivity contribution in [2.24, 2.45) is 0 Å². The fourth-order valence-electron chi connectivity index (χ4n) is 1.95. The van der Waals surface area contributed by atoms with Crippen LogP contribution in [0.25, 0.3) is 0 Å². The number of methoxy groups -OCH3 is 2. The Morgan fingerprint density at radius 3 is 2.36 bits per heavy atom. The lowest BCUT2D eigenvalue weighted by atomic mass is 10.1. The van der Waals surface area contributed by atoms with Gasteiger partial charge >= 0.3 is 5.97 Å². The number of rotatable bonds is 8. The van der Waals surface area contributed by atoms with Gasteiger partial charge in [0.15, 0.2) is 25.9 Å². The van der Waals surface area contributed by atoms with Gasteiger partial charge in [-0.1, -0.05) is 39.5 Å². The van der Waals surface area contributed by atoms with Crippen LogP contribution in [0.1, 0.15) is 32.4 Å². The largest absolute Gasteiger partial charge is 0.493 e. The monoisotopic (exact) mass is 366 g/mol. The van der Waals surface area contributed by atoms with Crippen LogP contribution in [0.3, 0.4) is 0 Å². The molecule has 0 aromatic heterocycles. The van der Waals surface area contributed by atoms with Crippen molar-refractivity contribution in [2.45, 2.75) is 45.0 Å². The van der Waals surface area contributed by atoms with Crippen molar-refractivity contribution in [2.75, 3.05) is 20.8 Å². The molecular formula is C19H30O5Si. The van der Waals surface area contributed by atoms with Gasteiger partial charge in [0.1, 0.15) is 6.61 Å². The van der Waals surface area contributed by atoms with Gasteiger partial charge in [-0.05, 0) is 35.8 Å². The molecule has 0 radical (unpaired) electrons. The summed E-state index contributed by atoms with van der Waals surface area (Å²) in [5, 5.41) is -0.0314. The quantitative estimate of drug-likeness (QED) is 0.385. The van der Waals surface area contributed by atoms with Crippen molar-refractivity contribution in [3.8, 4) is 11.5 Å². The summed E-state index contributed by atoms with van der Waals surface area (Å²) in [5.74, 6) is 0.695. The number of hydrogen-bond donors (Lipinski definition) is 0. The minimum absolute atomic E-state index is 0.0314. The third-order valence-corrected chi connectivity index (χ3v) is 8.92. The molecular weight excluding hydrogens is 336 g/mol. The Balaban J connectivity index is 3.24. The highest BCUT2D eigenvalue weighted by Crippen LogP contribution is 2.41. The van der Waals surface area contributed by atoms with Crippen molar-refractivity contribution in [3.63, 3.8) is 0 Å². The SMILES string of the molecule is C=CCOc1ccc([C@H](O[Si](C)(C)C(C)(C)C)C(=O)OC)cc1OC. The highest BCUT2D eigenvalue weighted by molar-refractivity contribution is 6.74. The molecule has 0 heterocycles. The number of carbonyl (C=O) groups excluding carboxylic acids is 1. The molecule has 0 aliphatic heterocycles. The van der Waals surface area contributed by atoms with E-state index in [0.717, 1.165) is 0 Å². The van der Waals surface area contributed by atoms with Crippen LogP contribution in [0.4, 0.5) is 0 Å². The predicted molar refractivity (Wildman–Crippen MR) is 102 cm³/mol. The standard InChI is InChI=1S/C19H30O5Si/c1-9-12-23-15-11-10-14(13-16(15)21-5)17(18(20)22-6)24-25(7,8)19(2,3)4/h9-11,13,17H,1,12H2,2-8H3/t17-/m0/s1. The van der Waals surface area contributed by atoms with Crippen LogP contribution in [-0.4, -0.2) is 35.1 Å². The van der Waals surface area contributed by atoms with E-state index in [2.05, 4.69) is 40.4 Å². The van der Waals surface area contributed by atoms with Crippen molar-refractivity contribution < 1.29 is 23.4 Å². The summed E-state index contributed by atoms with van der Waals surface area (Å²) < 4.78 is 22.2. The summed E-state index contributed by atoms with van der Waals surface area (Å²) in [4.78, 5) is 12.4. The molecule has 0 saturated heterocycles. The van der Waals surface area contributed by atoms with Crippen LogP contribution in [0.2, 0.25) is 18.1 Å². The maximum absolute atomic E-state index is 12.4. The summed E-state index contributed by atoms with van der Waals surface area (Å²) in [6.07, 6.45) is 0.860. The number of esters is 1. The summed E-state index contributed by atoms with van der Waals surface area (Å²) in [6.45, 7) is 14.6. The molecule has 1 atom stereocenters. The summed E-state index contributed by atoms with van der Waals surface area (Å²) >= 11 is 0. The zero-order valence-electron chi connectivity index (χ0n) is 16.3. The Morgan fingerprint density at radius 1 is 1.24 bits per heavy atom. The first kappa shape index (κ1) is 21.2.